The lowest BCUT2D eigenvalue weighted by molar-refractivity contribution is 0.458. The Bertz CT molecular complexity index is 607. The summed E-state index contributed by atoms with van der Waals surface area (Å²) in [4.78, 5) is -0.265. The molecule has 2 N–H and O–H groups in total. The summed E-state index contributed by atoms with van der Waals surface area (Å²) in [7, 11) is -7.11. The van der Waals surface area contributed by atoms with Crippen molar-refractivity contribution < 1.29 is 21.9 Å². The molecular weight excluding hydrogens is 278 g/mol. The normalized spacial score (nSPS) is 12.5. The fraction of sp³-hybridized carbons (Fsp3) is 0.400. The molecule has 0 aliphatic carbocycles. The first kappa shape index (κ1) is 14.9. The van der Waals surface area contributed by atoms with Crippen molar-refractivity contribution in [3.63, 3.8) is 0 Å². The molecule has 0 bridgehead atoms. The van der Waals surface area contributed by atoms with Crippen LogP contribution >= 0.6 is 0 Å². The molecule has 0 saturated carbocycles. The number of phenolic OH excluding ortho intramolecular Hbond substituents is 1. The molecule has 1 rings (SSSR count). The average molecular weight is 293 g/mol. The molecule has 0 radical (unpaired) electrons. The number of nitrogens with one attached hydrogen (secondary N) is 1. The molecule has 1 aromatic carbocycles. The monoisotopic (exact) mass is 293 g/mol. The summed E-state index contributed by atoms with van der Waals surface area (Å²) in [6.07, 6.45) is 0. The van der Waals surface area contributed by atoms with E-state index in [1.807, 2.05) is 0 Å². The molecule has 0 atom stereocenters. The van der Waals surface area contributed by atoms with E-state index in [9.17, 15) is 21.9 Å². The number of para-hydroxylation sites is 1. The van der Waals surface area contributed by atoms with Gasteiger partial charge in [-0.1, -0.05) is 19.1 Å². The van der Waals surface area contributed by atoms with Crippen molar-refractivity contribution in [3.05, 3.63) is 24.3 Å². The fourth-order valence-electron chi connectivity index (χ4n) is 1.24. The Morgan fingerprint density at radius 2 is 1.78 bits per heavy atom. The minimum Gasteiger partial charge on any atom is -0.507 e. The third-order valence-electron chi connectivity index (χ3n) is 2.30. The Labute approximate surface area is 107 Å². The molecule has 6 nitrogen and oxygen atoms in total. The van der Waals surface area contributed by atoms with Gasteiger partial charge in [-0.2, -0.15) is 0 Å². The molecule has 0 fully saturated rings. The number of sulfonamides is 1. The molecular formula is C10H15NO5S2. The summed E-state index contributed by atoms with van der Waals surface area (Å²) < 4.78 is 48.1. The van der Waals surface area contributed by atoms with Crippen molar-refractivity contribution >= 4 is 19.9 Å². The van der Waals surface area contributed by atoms with Crippen LogP contribution in [0.25, 0.3) is 0 Å². The van der Waals surface area contributed by atoms with Crippen LogP contribution in [0.15, 0.2) is 29.2 Å². The van der Waals surface area contributed by atoms with E-state index in [1.165, 1.54) is 31.2 Å². The van der Waals surface area contributed by atoms with Gasteiger partial charge in [-0.3, -0.25) is 0 Å². The summed E-state index contributed by atoms with van der Waals surface area (Å²) in [6.45, 7) is 1.28. The van der Waals surface area contributed by atoms with Crippen LogP contribution in [-0.2, 0) is 19.9 Å². The van der Waals surface area contributed by atoms with Crippen molar-refractivity contribution in [1.82, 2.24) is 4.72 Å². The minimum atomic E-state index is -3.89. The van der Waals surface area contributed by atoms with Crippen molar-refractivity contribution in [2.24, 2.45) is 0 Å². The zero-order valence-corrected chi connectivity index (χ0v) is 11.5. The van der Waals surface area contributed by atoms with Crippen LogP contribution in [0.3, 0.4) is 0 Å². The maximum atomic E-state index is 11.8. The van der Waals surface area contributed by atoms with Crippen LogP contribution in [0.4, 0.5) is 0 Å². The summed E-state index contributed by atoms with van der Waals surface area (Å²) in [5.74, 6) is -0.676. The van der Waals surface area contributed by atoms with Gasteiger partial charge in [-0.25, -0.2) is 21.6 Å². The number of hydrogen-bond donors (Lipinski definition) is 2. The Kier molecular flexibility index (Phi) is 4.71. The zero-order valence-electron chi connectivity index (χ0n) is 9.83. The van der Waals surface area contributed by atoms with Crippen molar-refractivity contribution in [2.45, 2.75) is 11.8 Å². The lowest BCUT2D eigenvalue weighted by Crippen LogP contribution is -2.29. The first-order valence-electron chi connectivity index (χ1n) is 5.26. The topological polar surface area (TPSA) is 101 Å². The van der Waals surface area contributed by atoms with E-state index in [1.54, 1.807) is 0 Å². The summed E-state index contributed by atoms with van der Waals surface area (Å²) >= 11 is 0. The van der Waals surface area contributed by atoms with Gasteiger partial charge in [-0.05, 0) is 12.1 Å². The summed E-state index contributed by atoms with van der Waals surface area (Å²) in [5, 5.41) is 9.41. The molecule has 0 amide bonds. The Morgan fingerprint density at radius 1 is 1.17 bits per heavy atom. The van der Waals surface area contributed by atoms with Gasteiger partial charge in [0.25, 0.3) is 0 Å². The van der Waals surface area contributed by atoms with Crippen LogP contribution in [-0.4, -0.2) is 40.0 Å². The largest absolute Gasteiger partial charge is 0.507 e. The minimum absolute atomic E-state index is 0.0364. The van der Waals surface area contributed by atoms with Gasteiger partial charge in [0, 0.05) is 12.3 Å². The van der Waals surface area contributed by atoms with E-state index in [-0.39, 0.29) is 28.7 Å². The first-order chi connectivity index (χ1) is 8.28. The van der Waals surface area contributed by atoms with Crippen LogP contribution < -0.4 is 4.72 Å². The van der Waals surface area contributed by atoms with E-state index in [4.69, 9.17) is 0 Å². The van der Waals surface area contributed by atoms with Gasteiger partial charge >= 0.3 is 0 Å². The molecule has 0 aliphatic rings. The smallest absolute Gasteiger partial charge is 0.244 e. The Morgan fingerprint density at radius 3 is 2.33 bits per heavy atom. The third-order valence-corrected chi connectivity index (χ3v) is 5.51. The number of benzene rings is 1. The van der Waals surface area contributed by atoms with E-state index in [2.05, 4.69) is 4.72 Å². The number of aromatic hydroxyl groups is 1. The van der Waals surface area contributed by atoms with Crippen molar-refractivity contribution in [1.29, 1.82) is 0 Å². The molecule has 0 spiro atoms. The summed E-state index contributed by atoms with van der Waals surface area (Å²) in [6, 6.07) is 5.45. The fourth-order valence-corrected chi connectivity index (χ4v) is 3.20. The van der Waals surface area contributed by atoms with Gasteiger partial charge in [0.15, 0.2) is 9.84 Å². The highest BCUT2D eigenvalue weighted by atomic mass is 32.2. The summed E-state index contributed by atoms with van der Waals surface area (Å²) in [5.41, 5.74) is 0. The van der Waals surface area contributed by atoms with Gasteiger partial charge in [0.1, 0.15) is 10.6 Å². The maximum absolute atomic E-state index is 11.8. The highest BCUT2D eigenvalue weighted by Gasteiger charge is 2.18. The van der Waals surface area contributed by atoms with Crippen molar-refractivity contribution in [2.75, 3.05) is 18.1 Å². The van der Waals surface area contributed by atoms with Crippen LogP contribution in [0, 0.1) is 0 Å². The Hall–Kier alpha value is -1.12. The van der Waals surface area contributed by atoms with Gasteiger partial charge in [0.05, 0.1) is 5.75 Å². The second kappa shape index (κ2) is 5.68. The molecule has 0 unspecified atom stereocenters. The standard InChI is InChI=1S/C10H15NO5S2/c1-2-17(13,14)8-7-11-18(15,16)10-6-4-3-5-9(10)12/h3-6,11-12H,2,7-8H2,1H3. The molecule has 0 aliphatic heterocycles. The van der Waals surface area contributed by atoms with Crippen LogP contribution in [0.5, 0.6) is 5.75 Å². The van der Waals surface area contributed by atoms with E-state index in [0.717, 1.165) is 0 Å². The number of rotatable bonds is 6. The molecule has 0 aromatic heterocycles. The Balaban J connectivity index is 2.76. The van der Waals surface area contributed by atoms with E-state index >= 15 is 0 Å². The van der Waals surface area contributed by atoms with Gasteiger partial charge in [0.2, 0.25) is 10.0 Å². The molecule has 0 heterocycles. The number of phenols is 1. The predicted octanol–water partition coefficient (Wildman–Crippen LogP) is 0.105. The predicted molar refractivity (Wildman–Crippen MR) is 67.6 cm³/mol. The second-order valence-electron chi connectivity index (χ2n) is 3.60. The maximum Gasteiger partial charge on any atom is 0.244 e. The molecule has 1 aromatic rings. The van der Waals surface area contributed by atoms with Crippen LogP contribution in [0.2, 0.25) is 0 Å². The average Bonchev–Trinajstić information content (AvgIpc) is 2.29. The zero-order chi connectivity index (χ0) is 13.8. The van der Waals surface area contributed by atoms with Crippen molar-refractivity contribution in [3.8, 4) is 5.75 Å². The highest BCUT2D eigenvalue weighted by Crippen LogP contribution is 2.20. The van der Waals surface area contributed by atoms with Crippen LogP contribution in [0.1, 0.15) is 6.92 Å². The quantitative estimate of drug-likeness (QED) is 0.775. The van der Waals surface area contributed by atoms with Gasteiger partial charge < -0.3 is 5.11 Å². The van der Waals surface area contributed by atoms with E-state index < -0.39 is 19.9 Å². The molecule has 102 valence electrons. The lowest BCUT2D eigenvalue weighted by Gasteiger charge is -2.07. The second-order valence-corrected chi connectivity index (χ2v) is 7.81. The SMILES string of the molecule is CCS(=O)(=O)CCNS(=O)(=O)c1ccccc1O. The molecule has 8 heteroatoms. The highest BCUT2D eigenvalue weighted by molar-refractivity contribution is 7.91. The number of sulfone groups is 1. The number of hydrogen-bond acceptors (Lipinski definition) is 5. The van der Waals surface area contributed by atoms with Gasteiger partial charge in [-0.15, -0.1) is 0 Å². The first-order valence-corrected chi connectivity index (χ1v) is 8.57. The molecule has 0 saturated heterocycles. The third kappa shape index (κ3) is 3.97. The van der Waals surface area contributed by atoms with E-state index in [0.29, 0.717) is 0 Å². The molecule has 18 heavy (non-hydrogen) atoms. The lowest BCUT2D eigenvalue weighted by atomic mass is 10.3.